The van der Waals surface area contributed by atoms with E-state index in [1.807, 2.05) is 55.5 Å². The van der Waals surface area contributed by atoms with Crippen molar-refractivity contribution in [3.8, 4) is 6.07 Å². The van der Waals surface area contributed by atoms with Gasteiger partial charge >= 0.3 is 0 Å². The first kappa shape index (κ1) is 28.2. The Morgan fingerprint density at radius 3 is 2.15 bits per heavy atom. The summed E-state index contributed by atoms with van der Waals surface area (Å²) in [6.45, 7) is 5.60. The molecule has 1 aromatic heterocycles. The number of hydrogen-bond acceptors (Lipinski definition) is 6. The number of likely N-dealkylation sites (tertiary alicyclic amines) is 2. The number of nitriles is 1. The molecule has 0 aliphatic carbocycles. The number of pyridine rings is 1. The summed E-state index contributed by atoms with van der Waals surface area (Å²) in [6.07, 6.45) is 4.44. The van der Waals surface area contributed by atoms with Crippen LogP contribution in [0.3, 0.4) is 0 Å². The first-order valence-electron chi connectivity index (χ1n) is 14.3. The molecule has 0 bridgehead atoms. The highest BCUT2D eigenvalue weighted by Crippen LogP contribution is 2.23. The van der Waals surface area contributed by atoms with E-state index < -0.39 is 0 Å². The molecule has 0 radical (unpaired) electrons. The fraction of sp³-hybridized carbons (Fsp3) is 0.364. The van der Waals surface area contributed by atoms with E-state index in [1.165, 1.54) is 11.8 Å². The molecular formula is C33H35N5O3. The highest BCUT2D eigenvalue weighted by Gasteiger charge is 2.29. The van der Waals surface area contributed by atoms with Crippen molar-refractivity contribution in [2.75, 3.05) is 26.2 Å². The fourth-order valence-electron chi connectivity index (χ4n) is 5.56. The van der Waals surface area contributed by atoms with Crippen molar-refractivity contribution in [1.29, 1.82) is 5.26 Å². The molecule has 3 heterocycles. The number of piperidine rings is 2. The van der Waals surface area contributed by atoms with Gasteiger partial charge in [0.05, 0.1) is 17.2 Å². The molecule has 8 heteroatoms. The number of aromatic nitrogens is 1. The van der Waals surface area contributed by atoms with Gasteiger partial charge < -0.3 is 10.2 Å². The minimum atomic E-state index is -0.183. The number of benzene rings is 2. The van der Waals surface area contributed by atoms with Crippen molar-refractivity contribution < 1.29 is 14.4 Å². The molecule has 210 valence electrons. The van der Waals surface area contributed by atoms with E-state index in [2.05, 4.69) is 21.3 Å². The van der Waals surface area contributed by atoms with Gasteiger partial charge in [0.2, 0.25) is 0 Å². The highest BCUT2D eigenvalue weighted by atomic mass is 16.2. The van der Waals surface area contributed by atoms with Gasteiger partial charge in [-0.25, -0.2) is 0 Å². The van der Waals surface area contributed by atoms with E-state index in [0.29, 0.717) is 42.8 Å². The smallest absolute Gasteiger partial charge is 0.272 e. The van der Waals surface area contributed by atoms with E-state index in [1.54, 1.807) is 17.0 Å². The molecule has 41 heavy (non-hydrogen) atoms. The van der Waals surface area contributed by atoms with Crippen LogP contribution in [0, 0.1) is 24.2 Å². The summed E-state index contributed by atoms with van der Waals surface area (Å²) in [5.41, 5.74) is 4.42. The van der Waals surface area contributed by atoms with Gasteiger partial charge in [0.15, 0.2) is 5.78 Å². The molecule has 0 spiro atoms. The summed E-state index contributed by atoms with van der Waals surface area (Å²) in [7, 11) is 0. The molecular weight excluding hydrogens is 514 g/mol. The van der Waals surface area contributed by atoms with Crippen molar-refractivity contribution >= 4 is 17.6 Å². The van der Waals surface area contributed by atoms with E-state index >= 15 is 0 Å². The molecule has 8 nitrogen and oxygen atoms in total. The van der Waals surface area contributed by atoms with Crippen LogP contribution < -0.4 is 5.32 Å². The minimum absolute atomic E-state index is 0.0800. The zero-order chi connectivity index (χ0) is 28.8. The first-order valence-corrected chi connectivity index (χ1v) is 14.3. The quantitative estimate of drug-likeness (QED) is 0.438. The number of aryl methyl sites for hydroxylation is 1. The van der Waals surface area contributed by atoms with Gasteiger partial charge in [-0.05, 0) is 62.4 Å². The molecule has 2 amide bonds. The molecule has 2 fully saturated rings. The topological polar surface area (TPSA) is 106 Å². The van der Waals surface area contributed by atoms with Crippen LogP contribution in [0.25, 0.3) is 0 Å². The summed E-state index contributed by atoms with van der Waals surface area (Å²) in [4.78, 5) is 47.1. The highest BCUT2D eigenvalue weighted by molar-refractivity contribution is 5.98. The lowest BCUT2D eigenvalue weighted by Gasteiger charge is -2.32. The Hall–Kier alpha value is -4.35. The fourth-order valence-corrected chi connectivity index (χ4v) is 5.56. The summed E-state index contributed by atoms with van der Waals surface area (Å²) < 4.78 is 0. The van der Waals surface area contributed by atoms with Crippen molar-refractivity contribution in [2.45, 2.75) is 45.2 Å². The van der Waals surface area contributed by atoms with Crippen LogP contribution in [0.1, 0.15) is 73.6 Å². The summed E-state index contributed by atoms with van der Waals surface area (Å²) >= 11 is 0. The number of carbonyl (C=O) groups excluding carboxylic acids is 3. The second-order valence-electron chi connectivity index (χ2n) is 11.1. The molecule has 0 atom stereocenters. The maximum absolute atomic E-state index is 13.0. The van der Waals surface area contributed by atoms with Crippen LogP contribution in [0.5, 0.6) is 0 Å². The zero-order valence-corrected chi connectivity index (χ0v) is 23.4. The first-order chi connectivity index (χ1) is 19.9. The van der Waals surface area contributed by atoms with Gasteiger partial charge in [-0.1, -0.05) is 42.0 Å². The Bertz CT molecular complexity index is 1410. The van der Waals surface area contributed by atoms with E-state index in [9.17, 15) is 14.4 Å². The third-order valence-electron chi connectivity index (χ3n) is 8.15. The lowest BCUT2D eigenvalue weighted by Crippen LogP contribution is -2.44. The number of hydrogen-bond donors (Lipinski definition) is 1. The Labute approximate surface area is 241 Å². The lowest BCUT2D eigenvalue weighted by atomic mass is 9.88. The number of nitrogens with one attached hydrogen (secondary N) is 1. The molecule has 3 aromatic rings. The predicted octanol–water partition coefficient (Wildman–Crippen LogP) is 4.39. The predicted molar refractivity (Wildman–Crippen MR) is 155 cm³/mol. The van der Waals surface area contributed by atoms with Crippen molar-refractivity contribution in [3.05, 3.63) is 100 Å². The molecule has 2 aliphatic rings. The minimum Gasteiger partial charge on any atom is -0.349 e. The Kier molecular flexibility index (Phi) is 8.85. The molecule has 1 N–H and O–H groups in total. The number of amides is 2. The van der Waals surface area contributed by atoms with Gasteiger partial charge in [0, 0.05) is 56.4 Å². The van der Waals surface area contributed by atoms with Crippen molar-refractivity contribution in [1.82, 2.24) is 20.1 Å². The maximum Gasteiger partial charge on any atom is 0.272 e. The number of Topliss-reactive ketones (excluding diaryl/α,β-unsaturated/α-hetero) is 1. The van der Waals surface area contributed by atoms with Gasteiger partial charge in [-0.3, -0.25) is 24.3 Å². The normalized spacial score (nSPS) is 16.6. The second kappa shape index (κ2) is 12.9. The monoisotopic (exact) mass is 549 g/mol. The van der Waals surface area contributed by atoms with Crippen LogP contribution >= 0.6 is 0 Å². The third-order valence-corrected chi connectivity index (χ3v) is 8.15. The average molecular weight is 550 g/mol. The van der Waals surface area contributed by atoms with Crippen molar-refractivity contribution in [2.24, 2.45) is 5.92 Å². The number of rotatable bonds is 7. The van der Waals surface area contributed by atoms with Gasteiger partial charge in [0.25, 0.3) is 11.8 Å². The Morgan fingerprint density at radius 1 is 0.878 bits per heavy atom. The molecule has 0 unspecified atom stereocenters. The molecule has 2 aliphatic heterocycles. The Morgan fingerprint density at radius 2 is 1.54 bits per heavy atom. The van der Waals surface area contributed by atoms with E-state index in [-0.39, 0.29) is 29.6 Å². The van der Waals surface area contributed by atoms with E-state index in [4.69, 9.17) is 5.26 Å². The SMILES string of the molecule is Cc1ccc(C(=O)C2CCN(C(=O)c3ccc(C(=O)NC4CCN(Cc5ccc(C#N)cc5)CC4)cn3)CC2)cc1. The van der Waals surface area contributed by atoms with E-state index in [0.717, 1.165) is 43.6 Å². The number of ketones is 1. The third kappa shape index (κ3) is 7.05. The molecule has 0 saturated carbocycles. The average Bonchev–Trinajstić information content (AvgIpc) is 3.02. The number of nitrogens with zero attached hydrogens (tertiary/aromatic N) is 4. The lowest BCUT2D eigenvalue weighted by molar-refractivity contribution is 0.0645. The second-order valence-corrected chi connectivity index (χ2v) is 11.1. The molecule has 2 aromatic carbocycles. The van der Waals surface area contributed by atoms with Crippen LogP contribution in [-0.2, 0) is 6.54 Å². The van der Waals surface area contributed by atoms with Crippen LogP contribution in [-0.4, -0.2) is 64.6 Å². The molecule has 2 saturated heterocycles. The van der Waals surface area contributed by atoms with Gasteiger partial charge in [0.1, 0.15) is 5.69 Å². The largest absolute Gasteiger partial charge is 0.349 e. The van der Waals surface area contributed by atoms with Crippen LogP contribution in [0.4, 0.5) is 0 Å². The van der Waals surface area contributed by atoms with Crippen LogP contribution in [0.15, 0.2) is 66.9 Å². The Balaban J connectivity index is 1.07. The van der Waals surface area contributed by atoms with Crippen molar-refractivity contribution in [3.63, 3.8) is 0 Å². The summed E-state index contributed by atoms with van der Waals surface area (Å²) in [5, 5.41) is 12.1. The standard InChI is InChI=1S/C33H35N5O3/c1-23-2-8-26(9-3-23)31(39)27-12-18-38(19-13-27)33(41)30-11-10-28(21-35-30)32(40)36-29-14-16-37(17-15-29)22-25-6-4-24(20-34)5-7-25/h2-11,21,27,29H,12-19,22H2,1H3,(H,36,40). The molecule has 5 rings (SSSR count). The zero-order valence-electron chi connectivity index (χ0n) is 23.4. The van der Waals surface area contributed by atoms with Gasteiger partial charge in [-0.2, -0.15) is 5.26 Å². The van der Waals surface area contributed by atoms with Crippen LogP contribution in [0.2, 0.25) is 0 Å². The maximum atomic E-state index is 13.0. The van der Waals surface area contributed by atoms with Gasteiger partial charge in [-0.15, -0.1) is 0 Å². The number of carbonyl (C=O) groups is 3. The summed E-state index contributed by atoms with van der Waals surface area (Å²) in [5.74, 6) is -0.295. The summed E-state index contributed by atoms with van der Waals surface area (Å²) in [6, 6.07) is 20.8.